The van der Waals surface area contributed by atoms with Crippen LogP contribution in [-0.4, -0.2) is 34.5 Å². The first kappa shape index (κ1) is 18.0. The second kappa shape index (κ2) is 7.60. The topological polar surface area (TPSA) is 47.4 Å². The lowest BCUT2D eigenvalue weighted by Gasteiger charge is -2.29. The third kappa shape index (κ3) is 3.43. The molecule has 2 aromatic carbocycles. The number of aryl methyl sites for hydroxylation is 1. The number of ether oxygens (including phenoxy) is 1. The number of hydrogen-bond donors (Lipinski definition) is 0. The average molecular weight is 351 g/mol. The maximum absolute atomic E-state index is 13.1. The average Bonchev–Trinajstić information content (AvgIpc) is 3.05. The molecule has 1 amide bonds. The number of amides is 1. The summed E-state index contributed by atoms with van der Waals surface area (Å²) in [4.78, 5) is 19.3. The van der Waals surface area contributed by atoms with Crippen LogP contribution in [0.1, 0.15) is 41.7 Å². The number of fused-ring (bicyclic) bond motifs is 1. The van der Waals surface area contributed by atoms with Gasteiger partial charge in [-0.2, -0.15) is 0 Å². The fraction of sp³-hybridized carbons (Fsp3) is 0.333. The van der Waals surface area contributed by atoms with Gasteiger partial charge in [-0.15, -0.1) is 0 Å². The normalized spacial score (nSPS) is 12.2. The lowest BCUT2D eigenvalue weighted by molar-refractivity contribution is 0.0721. The van der Waals surface area contributed by atoms with E-state index in [0.717, 1.165) is 35.2 Å². The molecule has 0 N–H and O–H groups in total. The predicted octanol–water partition coefficient (Wildman–Crippen LogP) is 4.20. The fourth-order valence-corrected chi connectivity index (χ4v) is 3.32. The fourth-order valence-electron chi connectivity index (χ4n) is 3.32. The van der Waals surface area contributed by atoms with Crippen molar-refractivity contribution in [2.75, 3.05) is 14.2 Å². The van der Waals surface area contributed by atoms with Gasteiger partial charge in [0, 0.05) is 19.7 Å². The molecule has 26 heavy (non-hydrogen) atoms. The van der Waals surface area contributed by atoms with E-state index in [1.54, 1.807) is 13.4 Å². The molecule has 5 nitrogen and oxygen atoms in total. The summed E-state index contributed by atoms with van der Waals surface area (Å²) in [5.74, 6) is 0.804. The van der Waals surface area contributed by atoms with Gasteiger partial charge >= 0.3 is 0 Å². The predicted molar refractivity (Wildman–Crippen MR) is 103 cm³/mol. The van der Waals surface area contributed by atoms with Crippen LogP contribution in [0.5, 0.6) is 5.75 Å². The van der Waals surface area contributed by atoms with Crippen molar-refractivity contribution in [3.8, 4) is 5.75 Å². The van der Waals surface area contributed by atoms with Crippen LogP contribution in [0.25, 0.3) is 11.0 Å². The quantitative estimate of drug-likeness (QED) is 0.669. The minimum absolute atomic E-state index is 0.00109. The van der Waals surface area contributed by atoms with Crippen LogP contribution in [0.3, 0.4) is 0 Å². The van der Waals surface area contributed by atoms with Crippen LogP contribution in [0, 0.1) is 0 Å². The van der Waals surface area contributed by atoms with Gasteiger partial charge in [-0.3, -0.25) is 4.79 Å². The van der Waals surface area contributed by atoms with E-state index in [1.807, 2.05) is 60.0 Å². The van der Waals surface area contributed by atoms with Gasteiger partial charge in [0.05, 0.1) is 30.5 Å². The first-order valence-electron chi connectivity index (χ1n) is 8.87. The van der Waals surface area contributed by atoms with E-state index in [4.69, 9.17) is 4.74 Å². The largest absolute Gasteiger partial charge is 0.497 e. The first-order chi connectivity index (χ1) is 12.5. The molecule has 1 atom stereocenters. The second-order valence-corrected chi connectivity index (χ2v) is 6.56. The molecule has 1 aromatic heterocycles. The summed E-state index contributed by atoms with van der Waals surface area (Å²) in [5, 5.41) is 0. The summed E-state index contributed by atoms with van der Waals surface area (Å²) in [6.07, 6.45) is 3.64. The van der Waals surface area contributed by atoms with E-state index in [1.165, 1.54) is 0 Å². The van der Waals surface area contributed by atoms with Gasteiger partial charge in [0.1, 0.15) is 5.75 Å². The van der Waals surface area contributed by atoms with E-state index in [-0.39, 0.29) is 11.9 Å². The standard InChI is InChI=1S/C21H25N3O2/c1-5-7-19(15-8-6-9-17(12-15)26-4)24(3)21(25)16-10-11-20-18(13-16)22-14-23(20)2/h6,8-14,19H,5,7H2,1-4H3. The van der Waals surface area contributed by atoms with Gasteiger partial charge in [0.15, 0.2) is 0 Å². The Hall–Kier alpha value is -2.82. The van der Waals surface area contributed by atoms with Gasteiger partial charge in [-0.25, -0.2) is 4.98 Å². The monoisotopic (exact) mass is 351 g/mol. The summed E-state index contributed by atoms with van der Waals surface area (Å²) >= 11 is 0. The first-order valence-corrected chi connectivity index (χ1v) is 8.87. The van der Waals surface area contributed by atoms with Crippen molar-refractivity contribution in [1.82, 2.24) is 14.5 Å². The molecule has 0 saturated heterocycles. The zero-order valence-corrected chi connectivity index (χ0v) is 15.8. The lowest BCUT2D eigenvalue weighted by Crippen LogP contribution is -2.31. The highest BCUT2D eigenvalue weighted by Crippen LogP contribution is 2.29. The van der Waals surface area contributed by atoms with Crippen molar-refractivity contribution in [3.63, 3.8) is 0 Å². The minimum atomic E-state index is -0.00109. The molecule has 3 aromatic rings. The SMILES string of the molecule is CCCC(c1cccc(OC)c1)N(C)C(=O)c1ccc2c(c1)ncn2C. The number of carbonyl (C=O) groups is 1. The van der Waals surface area contributed by atoms with Crippen LogP contribution in [0.2, 0.25) is 0 Å². The molecule has 0 saturated carbocycles. The van der Waals surface area contributed by atoms with Gasteiger partial charge in [0.25, 0.3) is 5.91 Å². The van der Waals surface area contributed by atoms with Crippen LogP contribution in [0.15, 0.2) is 48.8 Å². The van der Waals surface area contributed by atoms with E-state index >= 15 is 0 Å². The Labute approximate surface area is 154 Å². The Morgan fingerprint density at radius 1 is 1.27 bits per heavy atom. The molecule has 0 spiro atoms. The number of imidazole rings is 1. The molecule has 1 unspecified atom stereocenters. The molecule has 0 fully saturated rings. The lowest BCUT2D eigenvalue weighted by atomic mass is 9.99. The summed E-state index contributed by atoms with van der Waals surface area (Å²) in [5.41, 5.74) is 3.59. The molecule has 0 radical (unpaired) electrons. The number of hydrogen-bond acceptors (Lipinski definition) is 3. The van der Waals surface area contributed by atoms with Gasteiger partial charge < -0.3 is 14.2 Å². The Morgan fingerprint density at radius 3 is 2.81 bits per heavy atom. The Balaban J connectivity index is 1.91. The maximum atomic E-state index is 13.1. The molecule has 0 aliphatic rings. The van der Waals surface area contributed by atoms with E-state index < -0.39 is 0 Å². The highest BCUT2D eigenvalue weighted by molar-refractivity contribution is 5.97. The number of nitrogens with zero attached hydrogens (tertiary/aromatic N) is 3. The number of methoxy groups -OCH3 is 1. The number of carbonyl (C=O) groups excluding carboxylic acids is 1. The number of benzene rings is 2. The van der Waals surface area contributed by atoms with Gasteiger partial charge in [-0.05, 0) is 42.3 Å². The van der Waals surface area contributed by atoms with Crippen LogP contribution >= 0.6 is 0 Å². The molecule has 3 rings (SSSR count). The third-order valence-electron chi connectivity index (χ3n) is 4.80. The van der Waals surface area contributed by atoms with Crippen molar-refractivity contribution < 1.29 is 9.53 Å². The Morgan fingerprint density at radius 2 is 2.08 bits per heavy atom. The van der Waals surface area contributed by atoms with Crippen molar-refractivity contribution in [2.24, 2.45) is 7.05 Å². The molecule has 5 heteroatoms. The zero-order valence-electron chi connectivity index (χ0n) is 15.8. The van der Waals surface area contributed by atoms with Gasteiger partial charge in [0.2, 0.25) is 0 Å². The van der Waals surface area contributed by atoms with Crippen molar-refractivity contribution in [1.29, 1.82) is 0 Å². The zero-order chi connectivity index (χ0) is 18.7. The summed E-state index contributed by atoms with van der Waals surface area (Å²) in [6.45, 7) is 2.13. The Bertz CT molecular complexity index is 917. The summed E-state index contributed by atoms with van der Waals surface area (Å²) in [6, 6.07) is 13.6. The highest BCUT2D eigenvalue weighted by atomic mass is 16.5. The van der Waals surface area contributed by atoms with Crippen LogP contribution < -0.4 is 4.74 Å². The van der Waals surface area contributed by atoms with E-state index in [0.29, 0.717) is 5.56 Å². The minimum Gasteiger partial charge on any atom is -0.497 e. The Kier molecular flexibility index (Phi) is 5.26. The smallest absolute Gasteiger partial charge is 0.254 e. The molecule has 0 bridgehead atoms. The maximum Gasteiger partial charge on any atom is 0.254 e. The van der Waals surface area contributed by atoms with E-state index in [9.17, 15) is 4.79 Å². The molecule has 0 aliphatic carbocycles. The molecule has 1 heterocycles. The van der Waals surface area contributed by atoms with Crippen LogP contribution in [0.4, 0.5) is 0 Å². The van der Waals surface area contributed by atoms with Gasteiger partial charge in [-0.1, -0.05) is 25.5 Å². The van der Waals surface area contributed by atoms with Crippen LogP contribution in [-0.2, 0) is 7.05 Å². The summed E-state index contributed by atoms with van der Waals surface area (Å²) < 4.78 is 7.29. The molecular formula is C21H25N3O2. The molecule has 136 valence electrons. The van der Waals surface area contributed by atoms with E-state index in [2.05, 4.69) is 18.0 Å². The van der Waals surface area contributed by atoms with Crippen molar-refractivity contribution in [3.05, 3.63) is 59.9 Å². The third-order valence-corrected chi connectivity index (χ3v) is 4.80. The highest BCUT2D eigenvalue weighted by Gasteiger charge is 2.23. The second-order valence-electron chi connectivity index (χ2n) is 6.56. The number of rotatable bonds is 6. The molecular weight excluding hydrogens is 326 g/mol. The number of aromatic nitrogens is 2. The van der Waals surface area contributed by atoms with Crippen molar-refractivity contribution in [2.45, 2.75) is 25.8 Å². The van der Waals surface area contributed by atoms with Crippen molar-refractivity contribution >= 4 is 16.9 Å². The summed E-state index contributed by atoms with van der Waals surface area (Å²) in [7, 11) is 5.47. The molecule has 0 aliphatic heterocycles.